The van der Waals surface area contributed by atoms with Crippen LogP contribution < -0.4 is 0 Å². The molecule has 0 aromatic carbocycles. The largest absolute Gasteiger partial charge is 0.349 e. The van der Waals surface area contributed by atoms with Crippen molar-refractivity contribution in [1.29, 1.82) is 0 Å². The highest BCUT2D eigenvalue weighted by atomic mass is 16.2. The average molecular weight is 214 g/mol. The fourth-order valence-electron chi connectivity index (χ4n) is 1.35. The molecule has 0 N–H and O–H groups in total. The topological polar surface area (TPSA) is 40.6 Å². The third kappa shape index (κ3) is 5.40. The van der Waals surface area contributed by atoms with Crippen LogP contribution in [0, 0.1) is 0 Å². The molecule has 0 aliphatic rings. The third-order valence-corrected chi connectivity index (χ3v) is 2.40. The van der Waals surface area contributed by atoms with Gasteiger partial charge in [-0.1, -0.05) is 0 Å². The van der Waals surface area contributed by atoms with Gasteiger partial charge in [-0.05, 0) is 20.3 Å². The fraction of sp³-hybridized carbons (Fsp3) is 0.818. The first kappa shape index (κ1) is 13.9. The van der Waals surface area contributed by atoms with E-state index in [0.29, 0.717) is 19.3 Å². The minimum atomic E-state index is 0.0855. The molecule has 0 unspecified atom stereocenters. The molecule has 0 bridgehead atoms. The van der Waals surface area contributed by atoms with Crippen molar-refractivity contribution in [3.63, 3.8) is 0 Å². The van der Waals surface area contributed by atoms with Crippen LogP contribution in [-0.4, -0.2) is 48.8 Å². The van der Waals surface area contributed by atoms with Crippen molar-refractivity contribution in [2.45, 2.75) is 33.1 Å². The Morgan fingerprint density at radius 2 is 1.40 bits per heavy atom. The summed E-state index contributed by atoms with van der Waals surface area (Å²) in [5, 5.41) is 0. The van der Waals surface area contributed by atoms with E-state index in [4.69, 9.17) is 0 Å². The van der Waals surface area contributed by atoms with Gasteiger partial charge in [-0.25, -0.2) is 0 Å². The molecule has 0 heterocycles. The highest BCUT2D eigenvalue weighted by Gasteiger charge is 2.10. The predicted octanol–water partition coefficient (Wildman–Crippen LogP) is 1.11. The van der Waals surface area contributed by atoms with Crippen LogP contribution in [-0.2, 0) is 9.59 Å². The maximum Gasteiger partial charge on any atom is 0.222 e. The molecule has 0 saturated carbocycles. The summed E-state index contributed by atoms with van der Waals surface area (Å²) in [6.45, 7) is 5.42. The van der Waals surface area contributed by atoms with Gasteiger partial charge in [0.25, 0.3) is 0 Å². The third-order valence-electron chi connectivity index (χ3n) is 2.40. The van der Waals surface area contributed by atoms with Gasteiger partial charge in [0, 0.05) is 40.0 Å². The van der Waals surface area contributed by atoms with Crippen molar-refractivity contribution >= 4 is 11.8 Å². The van der Waals surface area contributed by atoms with Crippen molar-refractivity contribution in [3.05, 3.63) is 0 Å². The zero-order valence-corrected chi connectivity index (χ0v) is 10.2. The first-order valence-corrected chi connectivity index (χ1v) is 5.50. The summed E-state index contributed by atoms with van der Waals surface area (Å²) in [4.78, 5) is 26.1. The summed E-state index contributed by atoms with van der Waals surface area (Å²) in [5.41, 5.74) is 0. The smallest absolute Gasteiger partial charge is 0.222 e. The molecule has 0 atom stereocenters. The lowest BCUT2D eigenvalue weighted by atomic mass is 10.2. The molecule has 15 heavy (non-hydrogen) atoms. The Morgan fingerprint density at radius 3 is 1.80 bits per heavy atom. The van der Waals surface area contributed by atoms with E-state index in [0.717, 1.165) is 13.1 Å². The molecule has 0 spiro atoms. The Balaban J connectivity index is 3.76. The number of carbonyl (C=O) groups excluding carboxylic acids is 2. The average Bonchev–Trinajstić information content (AvgIpc) is 2.19. The molecule has 0 rings (SSSR count). The number of nitrogens with zero attached hydrogens (tertiary/aromatic N) is 2. The number of hydrogen-bond donors (Lipinski definition) is 0. The Bertz CT molecular complexity index is 211. The Labute approximate surface area is 92.2 Å². The fourth-order valence-corrected chi connectivity index (χ4v) is 1.35. The number of amides is 2. The molecule has 0 aliphatic carbocycles. The molecular formula is C11H22N2O2. The van der Waals surface area contributed by atoms with Crippen LogP contribution in [0.1, 0.15) is 33.1 Å². The molecule has 2 amide bonds. The van der Waals surface area contributed by atoms with E-state index < -0.39 is 0 Å². The van der Waals surface area contributed by atoms with Gasteiger partial charge in [0.15, 0.2) is 0 Å². The molecule has 0 aromatic rings. The zero-order chi connectivity index (χ0) is 11.8. The lowest BCUT2D eigenvalue weighted by Crippen LogP contribution is -2.30. The summed E-state index contributed by atoms with van der Waals surface area (Å²) < 4.78 is 0. The van der Waals surface area contributed by atoms with Crippen molar-refractivity contribution < 1.29 is 9.59 Å². The van der Waals surface area contributed by atoms with Crippen LogP contribution in [0.4, 0.5) is 0 Å². The lowest BCUT2D eigenvalue weighted by Gasteiger charge is -2.18. The van der Waals surface area contributed by atoms with E-state index in [9.17, 15) is 9.59 Å². The van der Waals surface area contributed by atoms with E-state index in [1.165, 1.54) is 0 Å². The van der Waals surface area contributed by atoms with E-state index in [1.54, 1.807) is 23.9 Å². The van der Waals surface area contributed by atoms with E-state index in [2.05, 4.69) is 0 Å². The standard InChI is InChI=1S/C11H22N2O2/c1-5-13(6-2)11(15)9-7-8-10(14)12(3)4/h5-9H2,1-4H3. The molecular weight excluding hydrogens is 192 g/mol. The number of carbonyl (C=O) groups is 2. The molecule has 0 aromatic heterocycles. The van der Waals surface area contributed by atoms with E-state index in [-0.39, 0.29) is 11.8 Å². The molecule has 0 saturated heterocycles. The second-order valence-electron chi connectivity index (χ2n) is 3.71. The van der Waals surface area contributed by atoms with Crippen LogP contribution in [0.3, 0.4) is 0 Å². The van der Waals surface area contributed by atoms with Gasteiger partial charge < -0.3 is 9.80 Å². The first-order chi connectivity index (χ1) is 7.02. The highest BCUT2D eigenvalue weighted by Crippen LogP contribution is 2.02. The summed E-state index contributed by atoms with van der Waals surface area (Å²) in [7, 11) is 3.46. The van der Waals surface area contributed by atoms with Gasteiger partial charge >= 0.3 is 0 Å². The summed E-state index contributed by atoms with van der Waals surface area (Å²) in [6.07, 6.45) is 1.58. The summed E-state index contributed by atoms with van der Waals surface area (Å²) >= 11 is 0. The number of hydrogen-bond acceptors (Lipinski definition) is 2. The van der Waals surface area contributed by atoms with Crippen molar-refractivity contribution in [1.82, 2.24) is 9.80 Å². The van der Waals surface area contributed by atoms with Gasteiger partial charge in [0.1, 0.15) is 0 Å². The molecule has 0 fully saturated rings. The maximum atomic E-state index is 11.6. The van der Waals surface area contributed by atoms with Gasteiger partial charge in [0.2, 0.25) is 11.8 Å². The van der Waals surface area contributed by atoms with Crippen molar-refractivity contribution in [3.8, 4) is 0 Å². The number of rotatable bonds is 6. The second-order valence-corrected chi connectivity index (χ2v) is 3.71. The van der Waals surface area contributed by atoms with E-state index in [1.807, 2.05) is 13.8 Å². The van der Waals surface area contributed by atoms with E-state index >= 15 is 0 Å². The van der Waals surface area contributed by atoms with Gasteiger partial charge in [-0.2, -0.15) is 0 Å². The van der Waals surface area contributed by atoms with Crippen LogP contribution in [0.5, 0.6) is 0 Å². The zero-order valence-electron chi connectivity index (χ0n) is 10.2. The highest BCUT2D eigenvalue weighted by molar-refractivity contribution is 5.78. The Morgan fingerprint density at radius 1 is 0.933 bits per heavy atom. The van der Waals surface area contributed by atoms with Crippen LogP contribution >= 0.6 is 0 Å². The Hall–Kier alpha value is -1.06. The van der Waals surface area contributed by atoms with Gasteiger partial charge in [0.05, 0.1) is 0 Å². The molecule has 0 radical (unpaired) electrons. The minimum absolute atomic E-state index is 0.0855. The monoisotopic (exact) mass is 214 g/mol. The molecule has 4 nitrogen and oxygen atoms in total. The summed E-state index contributed by atoms with van der Waals surface area (Å²) in [5.74, 6) is 0.230. The second kappa shape index (κ2) is 7.26. The lowest BCUT2D eigenvalue weighted by molar-refractivity contribution is -0.131. The van der Waals surface area contributed by atoms with Crippen molar-refractivity contribution in [2.24, 2.45) is 0 Å². The molecule has 88 valence electrons. The van der Waals surface area contributed by atoms with Crippen LogP contribution in [0.15, 0.2) is 0 Å². The van der Waals surface area contributed by atoms with Crippen LogP contribution in [0.2, 0.25) is 0 Å². The predicted molar refractivity (Wildman–Crippen MR) is 60.5 cm³/mol. The van der Waals surface area contributed by atoms with Crippen LogP contribution in [0.25, 0.3) is 0 Å². The first-order valence-electron chi connectivity index (χ1n) is 5.50. The SMILES string of the molecule is CCN(CC)C(=O)CCCC(=O)N(C)C. The summed E-state index contributed by atoms with van der Waals surface area (Å²) in [6, 6.07) is 0. The van der Waals surface area contributed by atoms with Gasteiger partial charge in [-0.3, -0.25) is 9.59 Å². The normalized spacial score (nSPS) is 9.87. The van der Waals surface area contributed by atoms with Gasteiger partial charge in [-0.15, -0.1) is 0 Å². The quantitative estimate of drug-likeness (QED) is 0.664. The molecule has 4 heteroatoms. The minimum Gasteiger partial charge on any atom is -0.349 e. The Kier molecular flexibility index (Phi) is 6.75. The maximum absolute atomic E-state index is 11.6. The molecule has 0 aliphatic heterocycles. The van der Waals surface area contributed by atoms with Crippen molar-refractivity contribution in [2.75, 3.05) is 27.2 Å².